The predicted molar refractivity (Wildman–Crippen MR) is 106 cm³/mol. The molecule has 0 bridgehead atoms. The van der Waals surface area contributed by atoms with Crippen LogP contribution in [0, 0.1) is 0 Å². The number of carbonyl (C=O) groups is 1. The number of carbonyl (C=O) groups excluding carboxylic acids is 1. The van der Waals surface area contributed by atoms with Gasteiger partial charge in [-0.1, -0.05) is 6.42 Å². The largest absolute Gasteiger partial charge is 0.474 e. The molecule has 0 radical (unpaired) electrons. The molecule has 2 heterocycles. The first-order valence-corrected chi connectivity index (χ1v) is 9.28. The molecule has 0 unspecified atom stereocenters. The number of nitrogens with zero attached hydrogens (tertiary/aromatic N) is 2. The van der Waals surface area contributed by atoms with E-state index in [4.69, 9.17) is 10.5 Å². The number of pyridine rings is 2. The average molecular weight is 362 g/mol. The normalized spacial score (nSPS) is 14.8. The summed E-state index contributed by atoms with van der Waals surface area (Å²) in [7, 11) is 0. The number of ether oxygens (including phenoxy) is 1. The maximum Gasteiger partial charge on any atom is 0.276 e. The van der Waals surface area contributed by atoms with Crippen LogP contribution in [0.25, 0.3) is 10.8 Å². The zero-order valence-corrected chi connectivity index (χ0v) is 15.0. The Morgan fingerprint density at radius 1 is 1.07 bits per heavy atom. The number of rotatable bonds is 4. The summed E-state index contributed by atoms with van der Waals surface area (Å²) in [4.78, 5) is 20.9. The van der Waals surface area contributed by atoms with Crippen molar-refractivity contribution in [1.29, 1.82) is 0 Å². The smallest absolute Gasteiger partial charge is 0.276 e. The first-order valence-electron chi connectivity index (χ1n) is 9.28. The van der Waals surface area contributed by atoms with Crippen LogP contribution in [-0.4, -0.2) is 22.0 Å². The summed E-state index contributed by atoms with van der Waals surface area (Å²) in [5, 5.41) is 4.75. The van der Waals surface area contributed by atoms with Crippen molar-refractivity contribution >= 4 is 28.1 Å². The lowest BCUT2D eigenvalue weighted by Gasteiger charge is -2.23. The molecule has 27 heavy (non-hydrogen) atoms. The van der Waals surface area contributed by atoms with E-state index in [0.29, 0.717) is 17.3 Å². The molecule has 0 atom stereocenters. The molecule has 0 aliphatic heterocycles. The van der Waals surface area contributed by atoms with Crippen molar-refractivity contribution < 1.29 is 9.53 Å². The van der Waals surface area contributed by atoms with Crippen molar-refractivity contribution in [2.45, 2.75) is 38.2 Å². The summed E-state index contributed by atoms with van der Waals surface area (Å²) in [6, 6.07) is 10.9. The second-order valence-electron chi connectivity index (χ2n) is 6.83. The van der Waals surface area contributed by atoms with Gasteiger partial charge in [-0.15, -0.1) is 0 Å². The summed E-state index contributed by atoms with van der Waals surface area (Å²) in [5.74, 6) is 0.325. The standard InChI is InChI=1S/C21H22N4O2/c22-18-7-4-11-23-19(18)20(26)25-15-8-9-17-14(13-15)10-12-24-21(17)27-16-5-2-1-3-6-16/h4,7-13,16H,1-3,5-6,22H2,(H,25,26). The fourth-order valence-corrected chi connectivity index (χ4v) is 3.46. The van der Waals surface area contributed by atoms with Crippen LogP contribution in [-0.2, 0) is 0 Å². The Balaban J connectivity index is 1.56. The number of anilines is 2. The molecule has 0 spiro atoms. The van der Waals surface area contributed by atoms with Crippen molar-refractivity contribution in [3.63, 3.8) is 0 Å². The quantitative estimate of drug-likeness (QED) is 0.727. The van der Waals surface area contributed by atoms with Crippen molar-refractivity contribution in [3.05, 3.63) is 54.5 Å². The first kappa shape index (κ1) is 17.3. The van der Waals surface area contributed by atoms with Crippen LogP contribution in [0.3, 0.4) is 0 Å². The molecule has 6 nitrogen and oxygen atoms in total. The van der Waals surface area contributed by atoms with Crippen LogP contribution >= 0.6 is 0 Å². The minimum atomic E-state index is -0.333. The molecule has 3 N–H and O–H groups in total. The van der Waals surface area contributed by atoms with Gasteiger partial charge >= 0.3 is 0 Å². The molecule has 3 aromatic rings. The van der Waals surface area contributed by atoms with Gasteiger partial charge in [0.25, 0.3) is 5.91 Å². The van der Waals surface area contributed by atoms with Gasteiger partial charge in [-0.25, -0.2) is 9.97 Å². The summed E-state index contributed by atoms with van der Waals surface area (Å²) in [6.45, 7) is 0. The van der Waals surface area contributed by atoms with Crippen LogP contribution in [0.15, 0.2) is 48.8 Å². The van der Waals surface area contributed by atoms with Gasteiger partial charge in [0.05, 0.1) is 5.69 Å². The van der Waals surface area contributed by atoms with Crippen molar-refractivity contribution in [2.24, 2.45) is 0 Å². The van der Waals surface area contributed by atoms with E-state index in [1.165, 1.54) is 19.3 Å². The highest BCUT2D eigenvalue weighted by atomic mass is 16.5. The van der Waals surface area contributed by atoms with E-state index in [9.17, 15) is 4.79 Å². The third kappa shape index (κ3) is 3.84. The van der Waals surface area contributed by atoms with E-state index >= 15 is 0 Å². The number of benzene rings is 1. The van der Waals surface area contributed by atoms with E-state index in [0.717, 1.165) is 23.6 Å². The second kappa shape index (κ2) is 7.61. The highest BCUT2D eigenvalue weighted by Crippen LogP contribution is 2.29. The number of hydrogen-bond acceptors (Lipinski definition) is 5. The topological polar surface area (TPSA) is 90.1 Å². The number of nitrogens with two attached hydrogens (primary N) is 1. The Kier molecular flexibility index (Phi) is 4.87. The lowest BCUT2D eigenvalue weighted by molar-refractivity contribution is 0.102. The second-order valence-corrected chi connectivity index (χ2v) is 6.83. The van der Waals surface area contributed by atoms with Crippen molar-refractivity contribution in [3.8, 4) is 5.88 Å². The molecular formula is C21H22N4O2. The van der Waals surface area contributed by atoms with Gasteiger partial charge < -0.3 is 15.8 Å². The Morgan fingerprint density at radius 3 is 2.74 bits per heavy atom. The van der Waals surface area contributed by atoms with Gasteiger partial charge in [0, 0.05) is 23.5 Å². The Bertz CT molecular complexity index is 967. The van der Waals surface area contributed by atoms with Gasteiger partial charge in [0.1, 0.15) is 6.10 Å². The maximum absolute atomic E-state index is 12.4. The molecule has 138 valence electrons. The molecule has 0 saturated heterocycles. The number of fused-ring (bicyclic) bond motifs is 1. The van der Waals surface area contributed by atoms with Crippen LogP contribution in [0.2, 0.25) is 0 Å². The lowest BCUT2D eigenvalue weighted by atomic mass is 9.98. The summed E-state index contributed by atoms with van der Waals surface area (Å²) in [5.41, 5.74) is 7.07. The van der Waals surface area contributed by atoms with Crippen LogP contribution in [0.1, 0.15) is 42.6 Å². The Hall–Kier alpha value is -3.15. The monoisotopic (exact) mass is 362 g/mol. The van der Waals surface area contributed by atoms with Gasteiger partial charge in [-0.05, 0) is 67.5 Å². The fraction of sp³-hybridized carbons (Fsp3) is 0.286. The van der Waals surface area contributed by atoms with Gasteiger partial charge in [0.15, 0.2) is 5.69 Å². The van der Waals surface area contributed by atoms with Gasteiger partial charge in [-0.2, -0.15) is 0 Å². The third-order valence-electron chi connectivity index (χ3n) is 4.87. The van der Waals surface area contributed by atoms with E-state index in [-0.39, 0.29) is 17.7 Å². The predicted octanol–water partition coefficient (Wildman–Crippen LogP) is 4.18. The van der Waals surface area contributed by atoms with Crippen LogP contribution < -0.4 is 15.8 Å². The van der Waals surface area contributed by atoms with Crippen molar-refractivity contribution in [2.75, 3.05) is 11.1 Å². The first-order chi connectivity index (χ1) is 13.2. The molecule has 1 aliphatic carbocycles. The number of hydrogen-bond donors (Lipinski definition) is 2. The molecular weight excluding hydrogens is 340 g/mol. The highest BCUT2D eigenvalue weighted by molar-refractivity contribution is 6.07. The molecule has 1 amide bonds. The Morgan fingerprint density at radius 2 is 1.93 bits per heavy atom. The molecule has 1 aromatic carbocycles. The summed E-state index contributed by atoms with van der Waals surface area (Å²) in [6.07, 6.45) is 9.39. The highest BCUT2D eigenvalue weighted by Gasteiger charge is 2.17. The van der Waals surface area contributed by atoms with E-state index in [2.05, 4.69) is 15.3 Å². The van der Waals surface area contributed by atoms with E-state index < -0.39 is 0 Å². The number of nitrogen functional groups attached to an aromatic ring is 1. The van der Waals surface area contributed by atoms with Crippen molar-refractivity contribution in [1.82, 2.24) is 9.97 Å². The zero-order valence-electron chi connectivity index (χ0n) is 15.0. The number of aromatic nitrogens is 2. The molecule has 6 heteroatoms. The fourth-order valence-electron chi connectivity index (χ4n) is 3.46. The van der Waals surface area contributed by atoms with Gasteiger partial charge in [0.2, 0.25) is 5.88 Å². The summed E-state index contributed by atoms with van der Waals surface area (Å²) >= 11 is 0. The molecule has 1 aliphatic rings. The molecule has 1 saturated carbocycles. The van der Waals surface area contributed by atoms with E-state index in [1.807, 2.05) is 24.3 Å². The van der Waals surface area contributed by atoms with Gasteiger partial charge in [-0.3, -0.25) is 4.79 Å². The summed E-state index contributed by atoms with van der Waals surface area (Å²) < 4.78 is 6.15. The molecule has 2 aromatic heterocycles. The average Bonchev–Trinajstić information content (AvgIpc) is 2.69. The van der Waals surface area contributed by atoms with E-state index in [1.54, 1.807) is 24.5 Å². The minimum Gasteiger partial charge on any atom is -0.474 e. The number of amides is 1. The SMILES string of the molecule is Nc1cccnc1C(=O)Nc1ccc2c(OC3CCCCC3)nccc2c1. The zero-order chi connectivity index (χ0) is 18.6. The third-order valence-corrected chi connectivity index (χ3v) is 4.87. The van der Waals surface area contributed by atoms with Crippen LogP contribution in [0.5, 0.6) is 5.88 Å². The molecule has 1 fully saturated rings. The minimum absolute atomic E-state index is 0.216. The maximum atomic E-state index is 12.4. The number of nitrogens with one attached hydrogen (secondary N) is 1. The Labute approximate surface area is 157 Å². The van der Waals surface area contributed by atoms with Crippen LogP contribution in [0.4, 0.5) is 11.4 Å². The lowest BCUT2D eigenvalue weighted by Crippen LogP contribution is -2.20. The molecule has 4 rings (SSSR count).